The first kappa shape index (κ1) is 15.4. The Morgan fingerprint density at radius 2 is 2.50 bits per heavy atom. The zero-order valence-electron chi connectivity index (χ0n) is 12.2. The van der Waals surface area contributed by atoms with Crippen molar-refractivity contribution in [2.75, 3.05) is 26.7 Å². The molecule has 0 aliphatic carbocycles. The maximum absolute atomic E-state index is 12.3. The molecule has 0 bridgehead atoms. The van der Waals surface area contributed by atoms with E-state index in [2.05, 4.69) is 10.4 Å². The molecule has 1 fully saturated rings. The average molecular weight is 297 g/mol. The molecular weight excluding hydrogens is 274 g/mol. The predicted octanol–water partition coefficient (Wildman–Crippen LogP) is 1.52. The van der Waals surface area contributed by atoms with Gasteiger partial charge in [0.05, 0.1) is 17.5 Å². The van der Waals surface area contributed by atoms with Crippen LogP contribution in [0.3, 0.4) is 0 Å². The molecule has 1 amide bonds. The van der Waals surface area contributed by atoms with Gasteiger partial charge in [-0.05, 0) is 19.8 Å². The van der Waals surface area contributed by atoms with Crippen molar-refractivity contribution in [3.63, 3.8) is 0 Å². The molecule has 1 aromatic heterocycles. The molecule has 2 rings (SSSR count). The number of ether oxygens (including phenoxy) is 1. The summed E-state index contributed by atoms with van der Waals surface area (Å²) in [7, 11) is 1.60. The Hall–Kier alpha value is -0.980. The van der Waals surface area contributed by atoms with Crippen LogP contribution in [0.2, 0.25) is 0 Å². The van der Waals surface area contributed by atoms with E-state index in [1.54, 1.807) is 18.4 Å². The van der Waals surface area contributed by atoms with E-state index in [0.29, 0.717) is 18.9 Å². The van der Waals surface area contributed by atoms with Crippen molar-refractivity contribution in [2.24, 2.45) is 5.73 Å². The summed E-state index contributed by atoms with van der Waals surface area (Å²) in [5.74, 6) is 0.519. The third-order valence-corrected chi connectivity index (χ3v) is 4.88. The molecule has 112 valence electrons. The molecule has 20 heavy (non-hydrogen) atoms. The molecule has 2 heterocycles. The Morgan fingerprint density at radius 1 is 1.70 bits per heavy atom. The van der Waals surface area contributed by atoms with Crippen molar-refractivity contribution in [1.82, 2.24) is 9.88 Å². The Balaban J connectivity index is 1.94. The highest BCUT2D eigenvalue weighted by Crippen LogP contribution is 2.29. The molecular formula is C14H23N3O2S. The first-order valence-corrected chi connectivity index (χ1v) is 7.94. The predicted molar refractivity (Wildman–Crippen MR) is 79.9 cm³/mol. The lowest BCUT2D eigenvalue weighted by molar-refractivity contribution is -0.134. The van der Waals surface area contributed by atoms with Crippen LogP contribution >= 0.6 is 11.3 Å². The molecule has 0 aromatic carbocycles. The van der Waals surface area contributed by atoms with Gasteiger partial charge in [-0.2, -0.15) is 0 Å². The van der Waals surface area contributed by atoms with Gasteiger partial charge in [0.15, 0.2) is 0 Å². The van der Waals surface area contributed by atoms with E-state index >= 15 is 0 Å². The number of aryl methyl sites for hydroxylation is 1. The van der Waals surface area contributed by atoms with Gasteiger partial charge in [-0.15, -0.1) is 11.3 Å². The third-order valence-electron chi connectivity index (χ3n) is 3.76. The Bertz CT molecular complexity index is 445. The van der Waals surface area contributed by atoms with E-state index in [-0.39, 0.29) is 12.0 Å². The fraction of sp³-hybridized carbons (Fsp3) is 0.714. The van der Waals surface area contributed by atoms with Crippen molar-refractivity contribution in [1.29, 1.82) is 0 Å². The largest absolute Gasteiger partial charge is 0.380 e. The van der Waals surface area contributed by atoms with Gasteiger partial charge in [0.25, 0.3) is 0 Å². The maximum atomic E-state index is 12.3. The summed E-state index contributed by atoms with van der Waals surface area (Å²) in [5, 5.41) is 3.23. The Labute approximate surface area is 124 Å². The fourth-order valence-corrected chi connectivity index (χ4v) is 3.48. The number of hydrogen-bond acceptors (Lipinski definition) is 5. The van der Waals surface area contributed by atoms with Crippen molar-refractivity contribution >= 4 is 17.2 Å². The number of amides is 1. The lowest BCUT2D eigenvalue weighted by Gasteiger charge is -2.32. The Morgan fingerprint density at radius 3 is 3.10 bits per heavy atom. The molecule has 1 aliphatic heterocycles. The minimum Gasteiger partial charge on any atom is -0.380 e. The summed E-state index contributed by atoms with van der Waals surface area (Å²) < 4.78 is 5.19. The van der Waals surface area contributed by atoms with Gasteiger partial charge in [-0.25, -0.2) is 4.98 Å². The monoisotopic (exact) mass is 297 g/mol. The summed E-state index contributed by atoms with van der Waals surface area (Å²) in [5.41, 5.74) is 6.64. The zero-order valence-corrected chi connectivity index (χ0v) is 13.0. The SMILES string of the molecule is COC(CN)CC(=O)N1CCCC(c2nc(C)cs2)C1. The van der Waals surface area contributed by atoms with E-state index in [4.69, 9.17) is 10.5 Å². The molecule has 1 aliphatic rings. The number of carbonyl (C=O) groups is 1. The number of methoxy groups -OCH3 is 1. The van der Waals surface area contributed by atoms with E-state index in [0.717, 1.165) is 36.6 Å². The van der Waals surface area contributed by atoms with E-state index in [1.165, 1.54) is 0 Å². The minimum atomic E-state index is -0.176. The van der Waals surface area contributed by atoms with Crippen LogP contribution in [0.1, 0.15) is 35.9 Å². The Kier molecular flexibility index (Phi) is 5.51. The second-order valence-corrected chi connectivity index (χ2v) is 6.19. The van der Waals surface area contributed by atoms with Crippen LogP contribution in [0.15, 0.2) is 5.38 Å². The summed E-state index contributed by atoms with van der Waals surface area (Å²) in [6.45, 7) is 3.99. The summed E-state index contributed by atoms with van der Waals surface area (Å²) in [6.07, 6.45) is 2.35. The lowest BCUT2D eigenvalue weighted by atomic mass is 9.98. The number of aromatic nitrogens is 1. The van der Waals surface area contributed by atoms with Crippen LogP contribution in [-0.2, 0) is 9.53 Å². The molecule has 0 radical (unpaired) electrons. The van der Waals surface area contributed by atoms with Crippen molar-refractivity contribution in [3.8, 4) is 0 Å². The number of thiazole rings is 1. The van der Waals surface area contributed by atoms with Crippen LogP contribution in [0.4, 0.5) is 0 Å². The average Bonchev–Trinajstić information content (AvgIpc) is 2.91. The maximum Gasteiger partial charge on any atom is 0.225 e. The first-order chi connectivity index (χ1) is 9.63. The molecule has 1 saturated heterocycles. The first-order valence-electron chi connectivity index (χ1n) is 7.06. The topological polar surface area (TPSA) is 68.5 Å². The van der Waals surface area contributed by atoms with Gasteiger partial charge in [-0.3, -0.25) is 4.79 Å². The van der Waals surface area contributed by atoms with Gasteiger partial charge in [0, 0.05) is 43.7 Å². The molecule has 1 aromatic rings. The van der Waals surface area contributed by atoms with Crippen molar-refractivity contribution in [2.45, 2.75) is 38.2 Å². The molecule has 2 atom stereocenters. The smallest absolute Gasteiger partial charge is 0.225 e. The second-order valence-electron chi connectivity index (χ2n) is 5.30. The highest BCUT2D eigenvalue weighted by atomic mass is 32.1. The molecule has 2 N–H and O–H groups in total. The van der Waals surface area contributed by atoms with E-state index in [9.17, 15) is 4.79 Å². The molecule has 5 nitrogen and oxygen atoms in total. The van der Waals surface area contributed by atoms with Crippen LogP contribution in [0.5, 0.6) is 0 Å². The van der Waals surface area contributed by atoms with Gasteiger partial charge in [-0.1, -0.05) is 0 Å². The molecule has 2 unspecified atom stereocenters. The highest BCUT2D eigenvalue weighted by Gasteiger charge is 2.27. The summed E-state index contributed by atoms with van der Waals surface area (Å²) in [4.78, 5) is 18.8. The van der Waals surface area contributed by atoms with Crippen LogP contribution in [-0.4, -0.2) is 48.6 Å². The van der Waals surface area contributed by atoms with Gasteiger partial charge in [0.1, 0.15) is 0 Å². The normalized spacial score (nSPS) is 20.9. The van der Waals surface area contributed by atoms with Gasteiger partial charge < -0.3 is 15.4 Å². The molecule has 0 saturated carbocycles. The molecule has 0 spiro atoms. The van der Waals surface area contributed by atoms with Crippen LogP contribution < -0.4 is 5.73 Å². The second kappa shape index (κ2) is 7.15. The number of likely N-dealkylation sites (tertiary alicyclic amines) is 1. The number of piperidine rings is 1. The number of hydrogen-bond donors (Lipinski definition) is 1. The number of nitrogens with two attached hydrogens (primary N) is 1. The standard InChI is InChI=1S/C14H23N3O2S/c1-10-9-20-14(16-10)11-4-3-5-17(8-11)13(18)6-12(7-15)19-2/h9,11-12H,3-8,15H2,1-2H3. The van der Waals surface area contributed by atoms with Gasteiger partial charge >= 0.3 is 0 Å². The van der Waals surface area contributed by atoms with E-state index in [1.807, 2.05) is 11.8 Å². The van der Waals surface area contributed by atoms with Crippen molar-refractivity contribution in [3.05, 3.63) is 16.1 Å². The van der Waals surface area contributed by atoms with Crippen LogP contribution in [0, 0.1) is 6.92 Å². The number of carbonyl (C=O) groups excluding carboxylic acids is 1. The minimum absolute atomic E-state index is 0.139. The third kappa shape index (κ3) is 3.77. The van der Waals surface area contributed by atoms with E-state index < -0.39 is 0 Å². The summed E-state index contributed by atoms with van der Waals surface area (Å²) >= 11 is 1.70. The fourth-order valence-electron chi connectivity index (χ4n) is 2.55. The highest BCUT2D eigenvalue weighted by molar-refractivity contribution is 7.09. The van der Waals surface area contributed by atoms with Gasteiger partial charge in [0.2, 0.25) is 5.91 Å². The van der Waals surface area contributed by atoms with Crippen molar-refractivity contribution < 1.29 is 9.53 Å². The molecule has 6 heteroatoms. The number of nitrogens with zero attached hydrogens (tertiary/aromatic N) is 2. The summed E-state index contributed by atoms with van der Waals surface area (Å²) in [6, 6.07) is 0. The lowest BCUT2D eigenvalue weighted by Crippen LogP contribution is -2.41. The zero-order chi connectivity index (χ0) is 14.5. The quantitative estimate of drug-likeness (QED) is 0.894. The number of rotatable bonds is 5. The van der Waals surface area contributed by atoms with Crippen LogP contribution in [0.25, 0.3) is 0 Å².